The van der Waals surface area contributed by atoms with Crippen LogP contribution in [0.3, 0.4) is 0 Å². The zero-order valence-electron chi connectivity index (χ0n) is 12.9. The lowest BCUT2D eigenvalue weighted by atomic mass is 9.77. The third kappa shape index (κ3) is 2.74. The molecule has 1 saturated heterocycles. The van der Waals surface area contributed by atoms with Crippen molar-refractivity contribution in [2.45, 2.75) is 57.4 Å². The Labute approximate surface area is 130 Å². The Kier molecular flexibility index (Phi) is 3.93. The molecule has 1 unspecified atom stereocenters. The number of amides is 4. The second-order valence-corrected chi connectivity index (χ2v) is 6.84. The van der Waals surface area contributed by atoms with Gasteiger partial charge in [0.05, 0.1) is 0 Å². The summed E-state index contributed by atoms with van der Waals surface area (Å²) < 4.78 is 0. The molecule has 2 aliphatic carbocycles. The van der Waals surface area contributed by atoms with Crippen LogP contribution in [-0.2, 0) is 9.59 Å². The average Bonchev–Trinajstić information content (AvgIpc) is 3.06. The summed E-state index contributed by atoms with van der Waals surface area (Å²) in [6.45, 7) is 2.16. The molecule has 0 radical (unpaired) electrons. The maximum absolute atomic E-state index is 12.6. The number of hydrazine groups is 1. The molecule has 1 aliphatic heterocycles. The van der Waals surface area contributed by atoms with Gasteiger partial charge in [0.1, 0.15) is 5.54 Å². The smallest absolute Gasteiger partial charge is 0.322 e. The first-order valence-corrected chi connectivity index (χ1v) is 8.13. The third-order valence-corrected chi connectivity index (χ3v) is 5.09. The Balaban J connectivity index is 1.62. The highest BCUT2D eigenvalue weighted by atomic mass is 16.2. The van der Waals surface area contributed by atoms with Gasteiger partial charge in [-0.25, -0.2) is 4.79 Å². The molecule has 6 heteroatoms. The van der Waals surface area contributed by atoms with E-state index in [0.717, 1.165) is 30.7 Å². The third-order valence-electron chi connectivity index (χ3n) is 5.09. The van der Waals surface area contributed by atoms with Gasteiger partial charge in [-0.05, 0) is 50.4 Å². The van der Waals surface area contributed by atoms with Crippen molar-refractivity contribution in [1.29, 1.82) is 0 Å². The Morgan fingerprint density at radius 1 is 1.36 bits per heavy atom. The van der Waals surface area contributed by atoms with E-state index in [9.17, 15) is 14.4 Å². The van der Waals surface area contributed by atoms with Crippen LogP contribution in [-0.4, -0.2) is 28.4 Å². The summed E-state index contributed by atoms with van der Waals surface area (Å²) >= 11 is 0. The van der Waals surface area contributed by atoms with Crippen molar-refractivity contribution in [2.24, 2.45) is 11.8 Å². The second-order valence-electron chi connectivity index (χ2n) is 6.84. The number of hydrogen-bond acceptors (Lipinski definition) is 3. The summed E-state index contributed by atoms with van der Waals surface area (Å²) in [4.78, 5) is 36.7. The predicted molar refractivity (Wildman–Crippen MR) is 80.4 cm³/mol. The van der Waals surface area contributed by atoms with Gasteiger partial charge in [0.2, 0.25) is 5.91 Å². The van der Waals surface area contributed by atoms with Crippen LogP contribution in [0.15, 0.2) is 12.2 Å². The van der Waals surface area contributed by atoms with Crippen molar-refractivity contribution in [3.8, 4) is 0 Å². The number of nitrogens with one attached hydrogen (secondary N) is 2. The molecule has 4 amide bonds. The van der Waals surface area contributed by atoms with Crippen LogP contribution < -0.4 is 10.7 Å². The van der Waals surface area contributed by atoms with Gasteiger partial charge in [-0.3, -0.25) is 15.0 Å². The van der Waals surface area contributed by atoms with Crippen molar-refractivity contribution in [1.82, 2.24) is 15.8 Å². The highest BCUT2D eigenvalue weighted by molar-refractivity contribution is 6.08. The van der Waals surface area contributed by atoms with Crippen LogP contribution in [0.1, 0.15) is 51.9 Å². The van der Waals surface area contributed by atoms with E-state index in [1.165, 1.54) is 0 Å². The van der Waals surface area contributed by atoms with Gasteiger partial charge in [-0.15, -0.1) is 0 Å². The number of rotatable bonds is 3. The Bertz CT molecular complexity index is 521. The van der Waals surface area contributed by atoms with Gasteiger partial charge in [0, 0.05) is 6.42 Å². The van der Waals surface area contributed by atoms with Crippen LogP contribution in [0.5, 0.6) is 0 Å². The molecule has 3 rings (SSSR count). The highest BCUT2D eigenvalue weighted by Crippen LogP contribution is 2.35. The van der Waals surface area contributed by atoms with E-state index < -0.39 is 11.6 Å². The summed E-state index contributed by atoms with van der Waals surface area (Å²) in [5, 5.41) is 3.68. The molecular formula is C16H23N3O3. The summed E-state index contributed by atoms with van der Waals surface area (Å²) in [5.41, 5.74) is 1.69. The summed E-state index contributed by atoms with van der Waals surface area (Å²) in [7, 11) is 0. The van der Waals surface area contributed by atoms with Gasteiger partial charge >= 0.3 is 6.03 Å². The first kappa shape index (κ1) is 15.1. The molecule has 1 heterocycles. The Morgan fingerprint density at radius 2 is 2.09 bits per heavy atom. The fourth-order valence-electron chi connectivity index (χ4n) is 3.59. The van der Waals surface area contributed by atoms with E-state index in [2.05, 4.69) is 23.7 Å². The summed E-state index contributed by atoms with van der Waals surface area (Å²) in [5.74, 6) is 0.208. The van der Waals surface area contributed by atoms with Crippen molar-refractivity contribution >= 4 is 17.8 Å². The van der Waals surface area contributed by atoms with E-state index >= 15 is 0 Å². The monoisotopic (exact) mass is 305 g/mol. The number of hydrogen-bond donors (Lipinski definition) is 2. The maximum Gasteiger partial charge on any atom is 0.344 e. The zero-order chi connectivity index (χ0) is 15.7. The molecule has 1 atom stereocenters. The van der Waals surface area contributed by atoms with Crippen LogP contribution in [0, 0.1) is 11.8 Å². The Morgan fingerprint density at radius 3 is 2.73 bits per heavy atom. The number of urea groups is 1. The van der Waals surface area contributed by atoms with E-state index in [1.807, 2.05) is 6.08 Å². The van der Waals surface area contributed by atoms with Gasteiger partial charge in [-0.2, -0.15) is 5.01 Å². The fraction of sp³-hybridized carbons (Fsp3) is 0.688. The minimum absolute atomic E-state index is 0.213. The van der Waals surface area contributed by atoms with Crippen molar-refractivity contribution in [2.75, 3.05) is 0 Å². The van der Waals surface area contributed by atoms with Crippen LogP contribution in [0.4, 0.5) is 4.79 Å². The van der Waals surface area contributed by atoms with Gasteiger partial charge in [0.15, 0.2) is 0 Å². The van der Waals surface area contributed by atoms with E-state index in [1.54, 1.807) is 0 Å². The van der Waals surface area contributed by atoms with Crippen molar-refractivity contribution < 1.29 is 14.4 Å². The van der Waals surface area contributed by atoms with Crippen LogP contribution in [0.2, 0.25) is 0 Å². The maximum atomic E-state index is 12.6. The second kappa shape index (κ2) is 5.74. The van der Waals surface area contributed by atoms with Crippen molar-refractivity contribution in [3.05, 3.63) is 12.2 Å². The molecule has 0 bridgehead atoms. The molecule has 3 aliphatic rings. The predicted octanol–water partition coefficient (Wildman–Crippen LogP) is 1.87. The number of carbonyl (C=O) groups excluding carboxylic acids is 3. The summed E-state index contributed by atoms with van der Waals surface area (Å²) in [6.07, 6.45) is 9.48. The molecule has 1 saturated carbocycles. The molecule has 0 aromatic heterocycles. The zero-order valence-corrected chi connectivity index (χ0v) is 12.9. The minimum Gasteiger partial charge on any atom is -0.322 e. The highest BCUT2D eigenvalue weighted by Gasteiger charge is 2.52. The molecule has 1 spiro atoms. The number of nitrogens with zero attached hydrogens (tertiary/aromatic N) is 1. The Hall–Kier alpha value is -1.85. The normalized spacial score (nSPS) is 34.3. The molecule has 0 aromatic carbocycles. The molecule has 22 heavy (non-hydrogen) atoms. The van der Waals surface area contributed by atoms with Gasteiger partial charge in [0.25, 0.3) is 5.91 Å². The minimum atomic E-state index is -0.801. The molecule has 120 valence electrons. The molecular weight excluding hydrogens is 282 g/mol. The first-order chi connectivity index (χ1) is 10.5. The number of imide groups is 1. The fourth-order valence-corrected chi connectivity index (χ4v) is 3.59. The SMILES string of the molecule is CC1CCC2(CC1)NC(=O)N(NC(=O)CC1C=CCC1)C2=O. The standard InChI is InChI=1S/C16H23N3O3/c1-11-6-8-16(9-7-11)14(21)19(15(22)17-16)18-13(20)10-12-4-2-3-5-12/h2,4,11-12H,3,5-10H2,1H3,(H,17,22)(H,18,20). The summed E-state index contributed by atoms with van der Waals surface area (Å²) in [6, 6.07) is -0.505. The lowest BCUT2D eigenvalue weighted by Crippen LogP contribution is -2.51. The molecule has 0 aromatic rings. The molecule has 2 N–H and O–H groups in total. The quantitative estimate of drug-likeness (QED) is 0.617. The van der Waals surface area contributed by atoms with E-state index in [-0.39, 0.29) is 17.7 Å². The topological polar surface area (TPSA) is 78.5 Å². The van der Waals surface area contributed by atoms with Crippen molar-refractivity contribution in [3.63, 3.8) is 0 Å². The van der Waals surface area contributed by atoms with Gasteiger partial charge in [-0.1, -0.05) is 19.1 Å². The average molecular weight is 305 g/mol. The van der Waals surface area contributed by atoms with Gasteiger partial charge < -0.3 is 5.32 Å². The lowest BCUT2D eigenvalue weighted by Gasteiger charge is -2.33. The van der Waals surface area contributed by atoms with Crippen LogP contribution in [0.25, 0.3) is 0 Å². The molecule has 6 nitrogen and oxygen atoms in total. The van der Waals surface area contributed by atoms with E-state index in [0.29, 0.717) is 25.2 Å². The number of allylic oxidation sites excluding steroid dienone is 2. The largest absolute Gasteiger partial charge is 0.344 e. The molecule has 2 fully saturated rings. The number of carbonyl (C=O) groups is 3. The first-order valence-electron chi connectivity index (χ1n) is 8.13. The van der Waals surface area contributed by atoms with Crippen LogP contribution >= 0.6 is 0 Å². The van der Waals surface area contributed by atoms with E-state index in [4.69, 9.17) is 0 Å². The lowest BCUT2D eigenvalue weighted by molar-refractivity contribution is -0.140.